The van der Waals surface area contributed by atoms with Gasteiger partial charge in [-0.05, 0) is 12.5 Å². The van der Waals surface area contributed by atoms with Gasteiger partial charge in [0.25, 0.3) is 0 Å². The molecule has 0 heterocycles. The van der Waals surface area contributed by atoms with Crippen LogP contribution in [0.25, 0.3) is 0 Å². The monoisotopic (exact) mass is 300 g/mol. The molecule has 0 saturated carbocycles. The molecule has 0 unspecified atom stereocenters. The number of rotatable bonds is 6. The van der Waals surface area contributed by atoms with E-state index in [0.29, 0.717) is 5.56 Å². The van der Waals surface area contributed by atoms with E-state index in [2.05, 4.69) is 4.74 Å². The Bertz CT molecular complexity index is 501. The summed E-state index contributed by atoms with van der Waals surface area (Å²) in [5, 5.41) is 0.768. The number of hydrogen-bond donors (Lipinski definition) is 0. The number of halogens is 2. The number of ether oxygens (including phenoxy) is 1. The van der Waals surface area contributed by atoms with Gasteiger partial charge in [0, 0.05) is 6.42 Å². The molecule has 1 aromatic carbocycles. The Morgan fingerprint density at radius 3 is 2.60 bits per heavy atom. The van der Waals surface area contributed by atoms with Gasteiger partial charge in [0.05, 0.1) is 6.61 Å². The lowest BCUT2D eigenvalue weighted by molar-refractivity contribution is -0.171. The number of hydrogen-bond acceptors (Lipinski definition) is 3. The summed E-state index contributed by atoms with van der Waals surface area (Å²) < 4.78 is 31.7. The molecule has 0 saturated heterocycles. The predicted molar refractivity (Wildman–Crippen MR) is 75.6 cm³/mol. The van der Waals surface area contributed by atoms with Gasteiger partial charge in [0.15, 0.2) is 8.07 Å². The fourth-order valence-corrected chi connectivity index (χ4v) is 2.93. The van der Waals surface area contributed by atoms with Crippen LogP contribution in [0.15, 0.2) is 24.3 Å². The highest BCUT2D eigenvalue weighted by molar-refractivity contribution is 7.09. The largest absolute Gasteiger partial charge is 0.462 e. The minimum Gasteiger partial charge on any atom is -0.462 e. The number of esters is 1. The molecule has 6 heteroatoms. The molecule has 1 aromatic rings. The lowest BCUT2D eigenvalue weighted by Crippen LogP contribution is -2.43. The van der Waals surface area contributed by atoms with Crippen LogP contribution in [0.4, 0.5) is 8.78 Å². The van der Waals surface area contributed by atoms with Crippen LogP contribution in [0.1, 0.15) is 12.5 Å². The van der Waals surface area contributed by atoms with Crippen LogP contribution in [-0.4, -0.2) is 32.5 Å². The second-order valence-corrected chi connectivity index (χ2v) is 9.40. The molecule has 110 valence electrons. The molecule has 0 aliphatic carbocycles. The van der Waals surface area contributed by atoms with Crippen LogP contribution in [-0.2, 0) is 20.7 Å². The summed E-state index contributed by atoms with van der Waals surface area (Å²) in [6.45, 7) is 5.07. The first kappa shape index (κ1) is 16.5. The molecule has 0 N–H and O–H groups in total. The fraction of sp³-hybridized carbons (Fsp3) is 0.429. The van der Waals surface area contributed by atoms with Gasteiger partial charge in [-0.3, -0.25) is 0 Å². The van der Waals surface area contributed by atoms with E-state index in [1.807, 2.05) is 13.1 Å². The van der Waals surface area contributed by atoms with Gasteiger partial charge in [0.1, 0.15) is 5.91 Å². The van der Waals surface area contributed by atoms with Gasteiger partial charge in [-0.1, -0.05) is 42.5 Å². The van der Waals surface area contributed by atoms with Crippen LogP contribution >= 0.6 is 0 Å². The van der Waals surface area contributed by atoms with Crippen molar-refractivity contribution in [1.82, 2.24) is 0 Å². The molecule has 20 heavy (non-hydrogen) atoms. The van der Waals surface area contributed by atoms with Crippen molar-refractivity contribution in [2.75, 3.05) is 6.61 Å². The number of alkyl halides is 2. The van der Waals surface area contributed by atoms with E-state index in [4.69, 9.17) is 0 Å². The average Bonchev–Trinajstić information content (AvgIpc) is 2.38. The maximum atomic E-state index is 13.7. The third-order valence-electron chi connectivity index (χ3n) is 2.97. The van der Waals surface area contributed by atoms with Crippen molar-refractivity contribution in [3.05, 3.63) is 29.8 Å². The highest BCUT2D eigenvalue weighted by Gasteiger charge is 2.40. The van der Waals surface area contributed by atoms with Crippen LogP contribution < -0.4 is 5.19 Å². The summed E-state index contributed by atoms with van der Waals surface area (Å²) in [5.74, 6) is -4.17. The first-order valence-electron chi connectivity index (χ1n) is 6.33. The van der Waals surface area contributed by atoms with Crippen molar-refractivity contribution in [3.8, 4) is 0 Å². The Kier molecular flexibility index (Phi) is 5.16. The van der Waals surface area contributed by atoms with Crippen LogP contribution in [0, 0.1) is 0 Å². The summed E-state index contributed by atoms with van der Waals surface area (Å²) in [6.07, 6.45) is -0.719. The highest BCUT2D eigenvalue weighted by Crippen LogP contribution is 2.21. The zero-order valence-electron chi connectivity index (χ0n) is 11.8. The zero-order chi connectivity index (χ0) is 15.4. The number of carbonyl (C=O) groups excluding carboxylic acids is 2. The maximum Gasteiger partial charge on any atom is 0.377 e. The molecule has 1 rings (SSSR count). The van der Waals surface area contributed by atoms with E-state index >= 15 is 0 Å². The van der Waals surface area contributed by atoms with E-state index in [-0.39, 0.29) is 6.61 Å². The molecular weight excluding hydrogens is 282 g/mol. The molecule has 3 nitrogen and oxygen atoms in total. The summed E-state index contributed by atoms with van der Waals surface area (Å²) in [7, 11) is -2.24. The second kappa shape index (κ2) is 6.26. The Morgan fingerprint density at radius 1 is 1.40 bits per heavy atom. The maximum absolute atomic E-state index is 13.7. The molecule has 0 spiro atoms. The predicted octanol–water partition coefficient (Wildman–Crippen LogP) is 2.11. The third kappa shape index (κ3) is 3.96. The Morgan fingerprint density at radius 2 is 2.05 bits per heavy atom. The van der Waals surface area contributed by atoms with Crippen LogP contribution in [0.3, 0.4) is 0 Å². The molecule has 0 radical (unpaired) electrons. The van der Waals surface area contributed by atoms with Gasteiger partial charge in [-0.2, -0.15) is 8.78 Å². The van der Waals surface area contributed by atoms with Crippen LogP contribution in [0.5, 0.6) is 0 Å². The molecule has 0 atom stereocenters. The number of carbonyl (C=O) groups is 2. The van der Waals surface area contributed by atoms with Gasteiger partial charge < -0.3 is 9.53 Å². The third-order valence-corrected chi connectivity index (χ3v) is 5.35. The average molecular weight is 300 g/mol. The Hall–Kier alpha value is -1.56. The Labute approximate surface area is 117 Å². The molecule has 0 bridgehead atoms. The van der Waals surface area contributed by atoms with Gasteiger partial charge >= 0.3 is 11.9 Å². The topological polar surface area (TPSA) is 43.4 Å². The van der Waals surface area contributed by atoms with Crippen molar-refractivity contribution in [2.24, 2.45) is 0 Å². The van der Waals surface area contributed by atoms with Gasteiger partial charge in [-0.25, -0.2) is 4.79 Å². The van der Waals surface area contributed by atoms with E-state index < -0.39 is 26.4 Å². The molecule has 0 amide bonds. The SMILES string of the molecule is CCOC(=O)C(F)(F)Cc1cccc([Si](C)(C)C=O)c1. The summed E-state index contributed by atoms with van der Waals surface area (Å²) in [6, 6.07) is 6.48. The molecular formula is C14H18F2O3Si. The molecule has 0 aromatic heterocycles. The van der Waals surface area contributed by atoms with E-state index in [0.717, 1.165) is 11.1 Å². The van der Waals surface area contributed by atoms with E-state index in [1.54, 1.807) is 18.2 Å². The fourth-order valence-electron chi connectivity index (χ4n) is 1.72. The molecule has 0 aliphatic rings. The summed E-state index contributed by atoms with van der Waals surface area (Å²) in [5.41, 5.74) is 0.322. The standard InChI is InChI=1S/C14H18F2O3Si/c1-4-19-13(18)14(15,16)9-11-6-5-7-12(8-11)20(2,3)10-17/h5-8,10H,4,9H2,1-3H3. The van der Waals surface area contributed by atoms with Crippen molar-refractivity contribution in [3.63, 3.8) is 0 Å². The normalized spacial score (nSPS) is 12.1. The highest BCUT2D eigenvalue weighted by atomic mass is 28.3. The Balaban J connectivity index is 2.96. The van der Waals surface area contributed by atoms with E-state index in [9.17, 15) is 18.4 Å². The smallest absolute Gasteiger partial charge is 0.377 e. The van der Waals surface area contributed by atoms with Crippen LogP contribution in [0.2, 0.25) is 13.1 Å². The van der Waals surface area contributed by atoms with Crippen molar-refractivity contribution < 1.29 is 23.1 Å². The minimum absolute atomic E-state index is 0.0838. The van der Waals surface area contributed by atoms with E-state index in [1.165, 1.54) is 13.0 Å². The van der Waals surface area contributed by atoms with Gasteiger partial charge in [-0.15, -0.1) is 0 Å². The molecule has 0 aliphatic heterocycles. The number of benzene rings is 1. The zero-order valence-corrected chi connectivity index (χ0v) is 12.8. The lowest BCUT2D eigenvalue weighted by Gasteiger charge is -2.18. The van der Waals surface area contributed by atoms with Crippen molar-refractivity contribution in [1.29, 1.82) is 0 Å². The summed E-state index contributed by atoms with van der Waals surface area (Å²) >= 11 is 0. The summed E-state index contributed by atoms with van der Waals surface area (Å²) in [4.78, 5) is 22.2. The first-order valence-corrected chi connectivity index (χ1v) is 9.41. The minimum atomic E-state index is -3.55. The second-order valence-electron chi connectivity index (χ2n) is 5.14. The van der Waals surface area contributed by atoms with Crippen molar-refractivity contribution in [2.45, 2.75) is 32.4 Å². The first-order chi connectivity index (χ1) is 9.23. The van der Waals surface area contributed by atoms with Gasteiger partial charge in [0.2, 0.25) is 0 Å². The lowest BCUT2D eigenvalue weighted by atomic mass is 10.1. The van der Waals surface area contributed by atoms with Crippen molar-refractivity contribution >= 4 is 25.1 Å². The quantitative estimate of drug-likeness (QED) is 0.459. The molecule has 0 fully saturated rings.